The largest absolute Gasteiger partial charge is 0.0801 e. The van der Waals surface area contributed by atoms with Crippen molar-refractivity contribution in [1.29, 1.82) is 0 Å². The van der Waals surface area contributed by atoms with Gasteiger partial charge in [-0.05, 0) is 186 Å². The summed E-state index contributed by atoms with van der Waals surface area (Å²) in [5.41, 5.74) is 16.1. The van der Waals surface area contributed by atoms with Gasteiger partial charge >= 0.3 is 0 Å². The molecule has 0 heterocycles. The third-order valence-electron chi connectivity index (χ3n) is 20.6. The zero-order valence-electron chi connectivity index (χ0n) is 23.4. The first-order valence-electron chi connectivity index (χ1n) is 18.6. The van der Waals surface area contributed by atoms with Gasteiger partial charge in [0.2, 0.25) is 0 Å². The van der Waals surface area contributed by atoms with Crippen molar-refractivity contribution >= 4 is 0 Å². The lowest BCUT2D eigenvalue weighted by atomic mass is 9.43. The van der Waals surface area contributed by atoms with Gasteiger partial charge in [0.1, 0.15) is 0 Å². The first-order chi connectivity index (χ1) is 19.9. The van der Waals surface area contributed by atoms with Crippen LogP contribution in [0.4, 0.5) is 0 Å². The van der Waals surface area contributed by atoms with Gasteiger partial charge in [0.05, 0.1) is 0 Å². The molecule has 0 saturated heterocycles. The summed E-state index contributed by atoms with van der Waals surface area (Å²) in [5.74, 6) is 27.8. The molecule has 0 nitrogen and oxygen atoms in total. The maximum atomic E-state index is 4.12. The Morgan fingerprint density at radius 1 is 0.400 bits per heavy atom. The van der Waals surface area contributed by atoms with Crippen molar-refractivity contribution in [3.63, 3.8) is 0 Å². The summed E-state index contributed by atoms with van der Waals surface area (Å²) in [4.78, 5) is 0. The highest BCUT2D eigenvalue weighted by Gasteiger charge is 2.86. The molecule has 40 heavy (non-hydrogen) atoms. The van der Waals surface area contributed by atoms with Crippen LogP contribution in [0.2, 0.25) is 0 Å². The Morgan fingerprint density at radius 2 is 0.975 bits per heavy atom. The molecule has 0 aromatic rings. The number of fused-ring (bicyclic) bond motifs is 5. The Labute approximate surface area is 237 Å². The van der Waals surface area contributed by atoms with E-state index in [1.807, 2.05) is 5.57 Å². The summed E-state index contributed by atoms with van der Waals surface area (Å²) in [6.07, 6.45) is 15.4. The van der Waals surface area contributed by atoms with Crippen LogP contribution in [0, 0.1) is 154 Å². The second-order valence-corrected chi connectivity index (χ2v) is 19.3. The molecule has 26 unspecified atom stereocenters. The van der Waals surface area contributed by atoms with E-state index in [0.29, 0.717) is 5.92 Å². The van der Waals surface area contributed by atoms with E-state index in [9.17, 15) is 0 Å². The molecular formula is C40H40. The van der Waals surface area contributed by atoms with E-state index < -0.39 is 0 Å². The van der Waals surface area contributed by atoms with Crippen LogP contribution in [0.5, 0.6) is 0 Å². The minimum Gasteiger partial charge on any atom is -0.0801 e. The molecule has 16 aliphatic rings. The molecule has 0 aromatic heterocycles. The molecule has 16 aliphatic carbocycles. The van der Waals surface area contributed by atoms with Crippen molar-refractivity contribution in [2.24, 2.45) is 154 Å². The van der Waals surface area contributed by atoms with Crippen molar-refractivity contribution in [3.8, 4) is 0 Å². The van der Waals surface area contributed by atoms with Gasteiger partial charge in [-0.15, -0.1) is 0 Å². The van der Waals surface area contributed by atoms with Crippen LogP contribution in [0.1, 0.15) is 38.5 Å². The van der Waals surface area contributed by atoms with Crippen LogP contribution < -0.4 is 0 Å². The van der Waals surface area contributed by atoms with E-state index in [2.05, 4.69) is 34.8 Å². The van der Waals surface area contributed by atoms with Gasteiger partial charge in [-0.2, -0.15) is 0 Å². The highest BCUT2D eigenvalue weighted by Crippen LogP contribution is 2.91. The molecule has 0 heteroatoms. The van der Waals surface area contributed by atoms with Gasteiger partial charge in [-0.25, -0.2) is 0 Å². The summed E-state index contributed by atoms with van der Waals surface area (Å²) in [5, 5.41) is 0. The zero-order chi connectivity index (χ0) is 24.4. The zero-order valence-corrected chi connectivity index (χ0v) is 23.4. The molecular weight excluding hydrogens is 480 g/mol. The maximum Gasteiger partial charge on any atom is 0.0279 e. The minimum atomic E-state index is 0.655. The molecule has 200 valence electrons. The lowest BCUT2D eigenvalue weighted by Crippen LogP contribution is -2.58. The van der Waals surface area contributed by atoms with Gasteiger partial charge in [0.25, 0.3) is 0 Å². The normalized spacial score (nSPS) is 78.6. The fourth-order valence-corrected chi connectivity index (χ4v) is 21.8. The quantitative estimate of drug-likeness (QED) is 0.238. The standard InChI is InChI=1S/C40H40/c1-2-12-14-5-6-16-18-9-10-20-19-8-7-17-15-4-3-13-11(1)21-22(12)32-24(14)26(16)34-29(18)30(20)35-28(19)27(17)33-25(15)23(13)31(21)36-37(32)39(34)40(35)38(33)36/h1-2,11-13,15,17-20,23-40H,3-4,7-10H2. The Kier molecular flexibility index (Phi) is 2.51. The average molecular weight is 521 g/mol. The third kappa shape index (κ3) is 1.39. The Bertz CT molecular complexity index is 1640. The molecule has 16 rings (SSSR count). The third-order valence-corrected chi connectivity index (χ3v) is 20.6. The van der Waals surface area contributed by atoms with Crippen molar-refractivity contribution in [2.75, 3.05) is 0 Å². The maximum absolute atomic E-state index is 4.12. The topological polar surface area (TPSA) is 0 Å². The predicted octanol–water partition coefficient (Wildman–Crippen LogP) is 7.03. The number of allylic oxidation sites excluding steroid dienone is 6. The summed E-state index contributed by atoms with van der Waals surface area (Å²) in [6, 6.07) is 0. The summed E-state index contributed by atoms with van der Waals surface area (Å²) in [6.45, 7) is 0. The van der Waals surface area contributed by atoms with E-state index in [-0.39, 0.29) is 0 Å². The van der Waals surface area contributed by atoms with Gasteiger partial charge in [0.15, 0.2) is 0 Å². The predicted molar refractivity (Wildman–Crippen MR) is 149 cm³/mol. The molecule has 0 radical (unpaired) electrons. The van der Waals surface area contributed by atoms with Crippen LogP contribution in [-0.2, 0) is 0 Å². The number of hydrogen-bond donors (Lipinski definition) is 0. The number of rotatable bonds is 0. The fourth-order valence-electron chi connectivity index (χ4n) is 21.8. The molecule has 0 aromatic carbocycles. The van der Waals surface area contributed by atoms with Crippen molar-refractivity contribution in [3.05, 3.63) is 45.9 Å². The molecule has 26 atom stereocenters. The molecule has 0 bridgehead atoms. The highest BCUT2D eigenvalue weighted by molar-refractivity contribution is 5.56. The Balaban J connectivity index is 1.12. The second-order valence-electron chi connectivity index (χ2n) is 19.3. The van der Waals surface area contributed by atoms with E-state index >= 15 is 0 Å². The monoisotopic (exact) mass is 520 g/mol. The molecule has 13 saturated carbocycles. The molecule has 0 aliphatic heterocycles. The summed E-state index contributed by atoms with van der Waals surface area (Å²) >= 11 is 0. The van der Waals surface area contributed by atoms with E-state index in [1.54, 1.807) is 44.1 Å². The Morgan fingerprint density at radius 3 is 1.80 bits per heavy atom. The average Bonchev–Trinajstić information content (AvgIpc) is 3.79. The second kappa shape index (κ2) is 5.24. The molecule has 0 spiro atoms. The molecule has 0 N–H and O–H groups in total. The van der Waals surface area contributed by atoms with Gasteiger partial charge in [0, 0.05) is 17.8 Å². The van der Waals surface area contributed by atoms with E-state index in [1.165, 1.54) is 35.5 Å². The first kappa shape index (κ1) is 19.1. The van der Waals surface area contributed by atoms with Gasteiger partial charge in [-0.3, -0.25) is 0 Å². The highest BCUT2D eigenvalue weighted by atomic mass is 14.9. The van der Waals surface area contributed by atoms with Crippen molar-refractivity contribution in [2.45, 2.75) is 38.5 Å². The van der Waals surface area contributed by atoms with Crippen LogP contribution >= 0.6 is 0 Å². The van der Waals surface area contributed by atoms with E-state index in [0.717, 1.165) is 112 Å². The lowest BCUT2D eigenvalue weighted by molar-refractivity contribution is -0.143. The molecule has 13 fully saturated rings. The number of hydrogen-bond acceptors (Lipinski definition) is 0. The lowest BCUT2D eigenvalue weighted by Gasteiger charge is -2.61. The van der Waals surface area contributed by atoms with Gasteiger partial charge in [-0.1, -0.05) is 34.8 Å². The fraction of sp³-hybridized carbons (Fsp3) is 0.800. The summed E-state index contributed by atoms with van der Waals surface area (Å²) < 4.78 is 0. The van der Waals surface area contributed by atoms with Crippen molar-refractivity contribution in [1.82, 2.24) is 0 Å². The van der Waals surface area contributed by atoms with Gasteiger partial charge < -0.3 is 0 Å². The van der Waals surface area contributed by atoms with Crippen molar-refractivity contribution < 1.29 is 0 Å². The first-order valence-corrected chi connectivity index (χ1v) is 18.6. The van der Waals surface area contributed by atoms with Crippen LogP contribution in [0.3, 0.4) is 0 Å². The van der Waals surface area contributed by atoms with E-state index in [4.69, 9.17) is 0 Å². The SMILES string of the molecule is C1=C=C2C3CCC4C5CCC6C7CCC8C9C=CC%10C=1C1C2C2C3C4C3C5C6C4C7C8C5C9=C%10C1C1C5C4C3C21. The van der Waals surface area contributed by atoms with Crippen LogP contribution in [0.25, 0.3) is 0 Å². The smallest absolute Gasteiger partial charge is 0.0279 e. The van der Waals surface area contributed by atoms with Crippen LogP contribution in [0.15, 0.2) is 45.9 Å². The van der Waals surface area contributed by atoms with Crippen LogP contribution in [-0.4, -0.2) is 0 Å². The Hall–Kier alpha value is -1.22. The minimum absolute atomic E-state index is 0.655. The molecule has 0 amide bonds. The summed E-state index contributed by atoms with van der Waals surface area (Å²) in [7, 11) is 0.